The van der Waals surface area contributed by atoms with Crippen molar-refractivity contribution in [3.8, 4) is 11.1 Å². The van der Waals surface area contributed by atoms with Crippen LogP contribution in [0, 0.1) is 0 Å². The van der Waals surface area contributed by atoms with E-state index in [0.29, 0.717) is 22.9 Å². The molecule has 0 aliphatic heterocycles. The minimum absolute atomic E-state index is 0.00442. The van der Waals surface area contributed by atoms with Crippen LogP contribution in [0.2, 0.25) is 0 Å². The molecule has 2 N–H and O–H groups in total. The van der Waals surface area contributed by atoms with E-state index in [2.05, 4.69) is 18.0 Å². The number of rotatable bonds is 6. The van der Waals surface area contributed by atoms with E-state index >= 15 is 0 Å². The van der Waals surface area contributed by atoms with Crippen LogP contribution in [0.1, 0.15) is 48.3 Å². The number of pyridine rings is 1. The average Bonchev–Trinajstić information content (AvgIpc) is 2.64. The monoisotopic (exact) mass is 349 g/mol. The van der Waals surface area contributed by atoms with Gasteiger partial charge in [0.05, 0.1) is 5.52 Å². The number of carboxylic acids is 1. The molecule has 4 nitrogen and oxygen atoms in total. The van der Waals surface area contributed by atoms with Crippen molar-refractivity contribution in [3.05, 3.63) is 69.5 Å². The number of aromatic amines is 1. The van der Waals surface area contributed by atoms with Crippen molar-refractivity contribution in [2.45, 2.75) is 39.5 Å². The van der Waals surface area contributed by atoms with Gasteiger partial charge in [-0.25, -0.2) is 4.79 Å². The van der Waals surface area contributed by atoms with Gasteiger partial charge >= 0.3 is 5.97 Å². The summed E-state index contributed by atoms with van der Waals surface area (Å²) >= 11 is 0. The van der Waals surface area contributed by atoms with Crippen LogP contribution >= 0.6 is 0 Å². The molecule has 4 heteroatoms. The third-order valence-electron chi connectivity index (χ3n) is 4.61. The van der Waals surface area contributed by atoms with E-state index < -0.39 is 5.97 Å². The molecule has 0 saturated heterocycles. The molecule has 0 fully saturated rings. The average molecular weight is 349 g/mol. The number of benzene rings is 2. The predicted molar refractivity (Wildman–Crippen MR) is 105 cm³/mol. The van der Waals surface area contributed by atoms with E-state index in [9.17, 15) is 14.7 Å². The number of aromatic nitrogens is 1. The second kappa shape index (κ2) is 7.56. The summed E-state index contributed by atoms with van der Waals surface area (Å²) in [4.78, 5) is 27.9. The van der Waals surface area contributed by atoms with Gasteiger partial charge in [0.25, 0.3) is 0 Å². The van der Waals surface area contributed by atoms with E-state index in [1.165, 1.54) is 0 Å². The molecule has 1 aromatic heterocycles. The molecule has 0 aliphatic rings. The normalized spacial score (nSPS) is 11.0. The highest BCUT2D eigenvalue weighted by Gasteiger charge is 2.19. The summed E-state index contributed by atoms with van der Waals surface area (Å²) in [5.41, 5.74) is 3.71. The van der Waals surface area contributed by atoms with E-state index in [4.69, 9.17) is 0 Å². The molecule has 134 valence electrons. The molecular weight excluding hydrogens is 326 g/mol. The van der Waals surface area contributed by atoms with Gasteiger partial charge in [0.15, 0.2) is 5.43 Å². The van der Waals surface area contributed by atoms with Gasteiger partial charge in [-0.2, -0.15) is 0 Å². The Bertz CT molecular complexity index is 1000. The fraction of sp³-hybridized carbons (Fsp3) is 0.273. The van der Waals surface area contributed by atoms with Crippen molar-refractivity contribution in [1.82, 2.24) is 4.98 Å². The number of H-pyrrole nitrogens is 1. The zero-order chi connectivity index (χ0) is 18.7. The maximum Gasteiger partial charge on any atom is 0.352 e. The lowest BCUT2D eigenvalue weighted by Gasteiger charge is -2.13. The molecule has 0 amide bonds. The number of carbonyl (C=O) groups is 1. The van der Waals surface area contributed by atoms with Crippen LogP contribution in [-0.2, 0) is 12.8 Å². The van der Waals surface area contributed by atoms with Crippen LogP contribution in [-0.4, -0.2) is 16.1 Å². The van der Waals surface area contributed by atoms with Gasteiger partial charge in [-0.3, -0.25) is 4.79 Å². The molecule has 2 aromatic carbocycles. The first-order valence-electron chi connectivity index (χ1n) is 9.07. The first-order chi connectivity index (χ1) is 12.6. The second-order valence-corrected chi connectivity index (χ2v) is 6.54. The highest BCUT2D eigenvalue weighted by Crippen LogP contribution is 2.29. The van der Waals surface area contributed by atoms with Crippen molar-refractivity contribution in [2.75, 3.05) is 0 Å². The number of hydrogen-bond donors (Lipinski definition) is 2. The summed E-state index contributed by atoms with van der Waals surface area (Å²) in [6, 6.07) is 13.7. The Kier molecular flexibility index (Phi) is 5.21. The molecule has 0 atom stereocenters. The van der Waals surface area contributed by atoms with Crippen LogP contribution in [0.4, 0.5) is 0 Å². The van der Waals surface area contributed by atoms with Crippen LogP contribution in [0.15, 0.2) is 47.3 Å². The lowest BCUT2D eigenvalue weighted by Crippen LogP contribution is -2.19. The van der Waals surface area contributed by atoms with Crippen molar-refractivity contribution >= 4 is 16.9 Å². The maximum absolute atomic E-state index is 13.1. The standard InChI is InChI=1S/C22H23NO3/c1-3-8-14-12-17(15-10-6-5-7-11-15)19-18(13-14)21(24)16(9-4-2)20(23-19)22(25)26/h5-7,10-13H,3-4,8-9H2,1-2H3,(H,23,24)(H,25,26). The number of nitrogens with one attached hydrogen (secondary N) is 1. The summed E-state index contributed by atoms with van der Waals surface area (Å²) in [5, 5.41) is 10.2. The Balaban J connectivity index is 2.42. The lowest BCUT2D eigenvalue weighted by molar-refractivity contribution is 0.0689. The Morgan fingerprint density at radius 2 is 1.73 bits per heavy atom. The van der Waals surface area contributed by atoms with Gasteiger partial charge in [0, 0.05) is 16.5 Å². The Hall–Kier alpha value is -2.88. The summed E-state index contributed by atoms with van der Waals surface area (Å²) in [6.45, 7) is 4.05. The molecule has 0 radical (unpaired) electrons. The van der Waals surface area contributed by atoms with Gasteiger partial charge in [0.2, 0.25) is 0 Å². The van der Waals surface area contributed by atoms with Gasteiger partial charge in [0.1, 0.15) is 5.69 Å². The van der Waals surface area contributed by atoms with E-state index in [1.54, 1.807) is 0 Å². The zero-order valence-electron chi connectivity index (χ0n) is 15.1. The SMILES string of the molecule is CCCc1cc(-c2ccccc2)c2[nH]c(C(=O)O)c(CCC)c(=O)c2c1. The van der Waals surface area contributed by atoms with Crippen molar-refractivity contribution < 1.29 is 9.90 Å². The third kappa shape index (κ3) is 3.27. The minimum Gasteiger partial charge on any atom is -0.477 e. The molecule has 0 spiro atoms. The van der Waals surface area contributed by atoms with Crippen LogP contribution < -0.4 is 5.43 Å². The fourth-order valence-corrected chi connectivity index (χ4v) is 3.44. The molecule has 1 heterocycles. The quantitative estimate of drug-likeness (QED) is 0.671. The van der Waals surface area contributed by atoms with E-state index in [-0.39, 0.29) is 11.1 Å². The number of carboxylic acid groups (broad SMARTS) is 1. The molecule has 0 aliphatic carbocycles. The molecule has 0 saturated carbocycles. The highest BCUT2D eigenvalue weighted by molar-refractivity contribution is 5.98. The molecule has 3 aromatic rings. The number of fused-ring (bicyclic) bond motifs is 1. The molecule has 0 bridgehead atoms. The van der Waals surface area contributed by atoms with Gasteiger partial charge in [-0.15, -0.1) is 0 Å². The third-order valence-corrected chi connectivity index (χ3v) is 4.61. The van der Waals surface area contributed by atoms with Crippen LogP contribution in [0.25, 0.3) is 22.0 Å². The fourth-order valence-electron chi connectivity index (χ4n) is 3.44. The lowest BCUT2D eigenvalue weighted by atomic mass is 9.95. The topological polar surface area (TPSA) is 70.2 Å². The zero-order valence-corrected chi connectivity index (χ0v) is 15.1. The summed E-state index contributed by atoms with van der Waals surface area (Å²) in [6.07, 6.45) is 3.02. The molecule has 0 unspecified atom stereocenters. The number of aryl methyl sites for hydroxylation is 1. The maximum atomic E-state index is 13.1. The minimum atomic E-state index is -1.09. The van der Waals surface area contributed by atoms with Crippen LogP contribution in [0.3, 0.4) is 0 Å². The predicted octanol–water partition coefficient (Wildman–Crippen LogP) is 4.80. The van der Waals surface area contributed by atoms with Gasteiger partial charge in [-0.1, -0.05) is 57.0 Å². The first kappa shape index (κ1) is 17.9. The van der Waals surface area contributed by atoms with Crippen LogP contribution in [0.5, 0.6) is 0 Å². The summed E-state index contributed by atoms with van der Waals surface area (Å²) in [7, 11) is 0. The first-order valence-corrected chi connectivity index (χ1v) is 9.07. The Morgan fingerprint density at radius 1 is 1.04 bits per heavy atom. The largest absolute Gasteiger partial charge is 0.477 e. The second-order valence-electron chi connectivity index (χ2n) is 6.54. The summed E-state index contributed by atoms with van der Waals surface area (Å²) in [5.74, 6) is -1.09. The van der Waals surface area contributed by atoms with Crippen molar-refractivity contribution in [1.29, 1.82) is 0 Å². The summed E-state index contributed by atoms with van der Waals surface area (Å²) < 4.78 is 0. The van der Waals surface area contributed by atoms with Gasteiger partial charge in [-0.05, 0) is 36.1 Å². The molecule has 3 rings (SSSR count). The highest BCUT2D eigenvalue weighted by atomic mass is 16.4. The number of hydrogen-bond acceptors (Lipinski definition) is 2. The van der Waals surface area contributed by atoms with Crippen molar-refractivity contribution in [2.24, 2.45) is 0 Å². The Morgan fingerprint density at radius 3 is 2.35 bits per heavy atom. The smallest absolute Gasteiger partial charge is 0.352 e. The van der Waals surface area contributed by atoms with Gasteiger partial charge < -0.3 is 10.1 Å². The van der Waals surface area contributed by atoms with E-state index in [1.807, 2.05) is 43.3 Å². The van der Waals surface area contributed by atoms with Crippen molar-refractivity contribution in [3.63, 3.8) is 0 Å². The number of aromatic carboxylic acids is 1. The van der Waals surface area contributed by atoms with E-state index in [0.717, 1.165) is 36.0 Å². The molecule has 26 heavy (non-hydrogen) atoms. The Labute approximate surface area is 152 Å². The molecular formula is C22H23NO3.